The lowest BCUT2D eigenvalue weighted by Gasteiger charge is -2.27. The normalized spacial score (nSPS) is 17.1. The second kappa shape index (κ2) is 10.7. The Labute approximate surface area is 207 Å². The van der Waals surface area contributed by atoms with Crippen LogP contribution in [-0.4, -0.2) is 48.8 Å². The molecule has 1 aromatic carbocycles. The first-order valence-corrected chi connectivity index (χ1v) is 11.8. The first-order chi connectivity index (χ1) is 17.1. The highest BCUT2D eigenvalue weighted by Gasteiger charge is 2.29. The number of aliphatic hydroxyl groups is 1. The van der Waals surface area contributed by atoms with Crippen LogP contribution >= 0.6 is 0 Å². The van der Waals surface area contributed by atoms with Gasteiger partial charge in [0.2, 0.25) is 5.91 Å². The number of nitrogens with one attached hydrogen (secondary N) is 1. The molecule has 1 fully saturated rings. The number of carbonyl (C=O) groups excluding carboxylic acids is 1. The Morgan fingerprint density at radius 2 is 2.06 bits per heavy atom. The molecule has 3 heterocycles. The number of hydrogen-bond donors (Lipinski definition) is 3. The predicted octanol–water partition coefficient (Wildman–Crippen LogP) is 4.37. The van der Waals surface area contributed by atoms with E-state index in [1.54, 1.807) is 26.1 Å². The average molecular weight is 505 g/mol. The van der Waals surface area contributed by atoms with Crippen molar-refractivity contribution >= 4 is 11.7 Å². The number of anilines is 1. The molecule has 2 atom stereocenters. The van der Waals surface area contributed by atoms with Gasteiger partial charge in [0.25, 0.3) is 0 Å². The van der Waals surface area contributed by atoms with Crippen LogP contribution in [0.5, 0.6) is 17.4 Å². The number of aromatic nitrogens is 3. The van der Waals surface area contributed by atoms with Crippen molar-refractivity contribution in [2.24, 2.45) is 0 Å². The molecule has 0 bridgehead atoms. The molecule has 36 heavy (non-hydrogen) atoms. The van der Waals surface area contributed by atoms with Gasteiger partial charge in [0, 0.05) is 31.4 Å². The molecule has 4 rings (SSSR count). The van der Waals surface area contributed by atoms with E-state index in [9.17, 15) is 23.8 Å². The quantitative estimate of drug-likeness (QED) is 0.399. The van der Waals surface area contributed by atoms with Crippen LogP contribution in [0.15, 0.2) is 42.7 Å². The van der Waals surface area contributed by atoms with Crippen LogP contribution in [0.25, 0.3) is 0 Å². The number of amides is 1. The summed E-state index contributed by atoms with van der Waals surface area (Å²) in [5, 5.41) is 27.6. The van der Waals surface area contributed by atoms with Crippen molar-refractivity contribution in [1.29, 1.82) is 0 Å². The van der Waals surface area contributed by atoms with E-state index >= 15 is 0 Å². The molecule has 0 aliphatic carbocycles. The summed E-state index contributed by atoms with van der Waals surface area (Å²) < 4.78 is 42.1. The first-order valence-electron chi connectivity index (χ1n) is 11.8. The molecule has 1 amide bonds. The lowest BCUT2D eigenvalue weighted by molar-refractivity contribution is -0.121. The van der Waals surface area contributed by atoms with E-state index in [2.05, 4.69) is 10.4 Å². The maximum Gasteiger partial charge on any atom is 0.248 e. The van der Waals surface area contributed by atoms with Gasteiger partial charge in [-0.1, -0.05) is 6.07 Å². The molecule has 194 valence electrons. The zero-order valence-electron chi connectivity index (χ0n) is 20.2. The highest BCUT2D eigenvalue weighted by molar-refractivity contribution is 5.93. The number of para-hydroxylation sites is 1. The Bertz CT molecular complexity index is 1180. The van der Waals surface area contributed by atoms with Crippen molar-refractivity contribution in [3.05, 3.63) is 54.4 Å². The van der Waals surface area contributed by atoms with Crippen LogP contribution in [0.3, 0.4) is 0 Å². The summed E-state index contributed by atoms with van der Waals surface area (Å²) in [5.41, 5.74) is -0.987. The van der Waals surface area contributed by atoms with Gasteiger partial charge in [0.05, 0.1) is 24.4 Å². The molecule has 3 N–H and O–H groups in total. The largest absolute Gasteiger partial charge is 0.494 e. The van der Waals surface area contributed by atoms with Crippen molar-refractivity contribution in [1.82, 2.24) is 14.3 Å². The van der Waals surface area contributed by atoms with Crippen LogP contribution in [0, 0.1) is 11.6 Å². The Morgan fingerprint density at radius 1 is 1.31 bits per heavy atom. The van der Waals surface area contributed by atoms with Gasteiger partial charge in [0.15, 0.2) is 29.1 Å². The van der Waals surface area contributed by atoms with E-state index in [1.807, 2.05) is 0 Å². The van der Waals surface area contributed by atoms with E-state index in [1.165, 1.54) is 27.6 Å². The van der Waals surface area contributed by atoms with Gasteiger partial charge in [-0.3, -0.25) is 9.48 Å². The third kappa shape index (κ3) is 6.41. The second-order valence-electron chi connectivity index (χ2n) is 9.53. The standard InChI is InChI=1S/C25H30F2N4O5/c1-25(2,34)15-30-10-9-21(29-30)28-24(33)20(12-16-6-3-4-11-35-16)31-14-17(13-22(31)32)36-23-18(26)7-5-8-19(23)27/h5,7-10,13-14,16,20,32,34H,3-4,6,11-12,15H2,1-2H3,(H,28,29,33)/t16?,20-/m0/s1. The van der Waals surface area contributed by atoms with E-state index in [0.29, 0.717) is 6.61 Å². The van der Waals surface area contributed by atoms with Crippen LogP contribution in [-0.2, 0) is 16.1 Å². The van der Waals surface area contributed by atoms with E-state index < -0.39 is 34.9 Å². The van der Waals surface area contributed by atoms with Gasteiger partial charge in [-0.05, 0) is 45.2 Å². The maximum absolute atomic E-state index is 14.0. The third-order valence-electron chi connectivity index (χ3n) is 5.78. The Hall–Kier alpha value is -3.44. The minimum atomic E-state index is -0.987. The second-order valence-corrected chi connectivity index (χ2v) is 9.53. The SMILES string of the molecule is CC(C)(O)Cn1ccc(NC(=O)[C@H](CC2CCCCO2)n2cc(Oc3c(F)cccc3F)cc2O)n1. The third-order valence-corrected chi connectivity index (χ3v) is 5.78. The summed E-state index contributed by atoms with van der Waals surface area (Å²) >= 11 is 0. The zero-order valence-corrected chi connectivity index (χ0v) is 20.2. The molecule has 1 saturated heterocycles. The predicted molar refractivity (Wildman–Crippen MR) is 127 cm³/mol. The van der Waals surface area contributed by atoms with Crippen LogP contribution in [0.2, 0.25) is 0 Å². The zero-order chi connectivity index (χ0) is 25.9. The fraction of sp³-hybridized carbons (Fsp3) is 0.440. The molecule has 3 aromatic rings. The smallest absolute Gasteiger partial charge is 0.248 e. The summed E-state index contributed by atoms with van der Waals surface area (Å²) in [6.07, 6.45) is 5.65. The van der Waals surface area contributed by atoms with Crippen LogP contribution in [0.4, 0.5) is 14.6 Å². The van der Waals surface area contributed by atoms with Crippen molar-refractivity contribution in [2.45, 2.75) is 63.8 Å². The van der Waals surface area contributed by atoms with Gasteiger partial charge >= 0.3 is 0 Å². The fourth-order valence-electron chi connectivity index (χ4n) is 4.16. The highest BCUT2D eigenvalue weighted by atomic mass is 19.1. The number of benzene rings is 1. The number of ether oxygens (including phenoxy) is 2. The number of rotatable bonds is 9. The van der Waals surface area contributed by atoms with Gasteiger partial charge in [0.1, 0.15) is 11.8 Å². The summed E-state index contributed by atoms with van der Waals surface area (Å²) in [7, 11) is 0. The lowest BCUT2D eigenvalue weighted by atomic mass is 10.0. The molecule has 11 heteroatoms. The Kier molecular flexibility index (Phi) is 7.60. The fourth-order valence-corrected chi connectivity index (χ4v) is 4.16. The van der Waals surface area contributed by atoms with Gasteiger partial charge in [-0.2, -0.15) is 5.10 Å². The minimum absolute atomic E-state index is 0.0340. The molecular weight excluding hydrogens is 474 g/mol. The Balaban J connectivity index is 1.57. The number of nitrogens with zero attached hydrogens (tertiary/aromatic N) is 3. The summed E-state index contributed by atoms with van der Waals surface area (Å²) in [6.45, 7) is 4.11. The minimum Gasteiger partial charge on any atom is -0.494 e. The van der Waals surface area contributed by atoms with E-state index in [-0.39, 0.29) is 36.5 Å². The molecular formula is C25H30F2N4O5. The van der Waals surface area contributed by atoms with Crippen molar-refractivity contribution in [3.63, 3.8) is 0 Å². The summed E-state index contributed by atoms with van der Waals surface area (Å²) in [6, 6.07) is 5.20. The maximum atomic E-state index is 14.0. The van der Waals surface area contributed by atoms with Crippen LogP contribution < -0.4 is 10.1 Å². The van der Waals surface area contributed by atoms with Crippen LogP contribution in [0.1, 0.15) is 45.6 Å². The summed E-state index contributed by atoms with van der Waals surface area (Å²) in [5.74, 6) is -2.94. The van der Waals surface area contributed by atoms with Gasteiger partial charge < -0.3 is 29.6 Å². The molecule has 0 saturated carbocycles. The molecule has 2 aromatic heterocycles. The van der Waals surface area contributed by atoms with E-state index in [4.69, 9.17) is 9.47 Å². The monoisotopic (exact) mass is 504 g/mol. The average Bonchev–Trinajstić information content (AvgIpc) is 3.39. The molecule has 0 spiro atoms. The Morgan fingerprint density at radius 3 is 2.72 bits per heavy atom. The number of aromatic hydroxyl groups is 1. The summed E-state index contributed by atoms with van der Waals surface area (Å²) in [4.78, 5) is 13.4. The number of carbonyl (C=O) groups is 1. The number of hydrogen-bond acceptors (Lipinski definition) is 6. The van der Waals surface area contributed by atoms with Gasteiger partial charge in [-0.25, -0.2) is 8.78 Å². The van der Waals surface area contributed by atoms with E-state index in [0.717, 1.165) is 31.4 Å². The van der Waals surface area contributed by atoms with Gasteiger partial charge in [-0.15, -0.1) is 0 Å². The topological polar surface area (TPSA) is 111 Å². The molecule has 1 unspecified atom stereocenters. The number of halogens is 2. The molecule has 1 aliphatic rings. The first kappa shape index (κ1) is 25.6. The lowest BCUT2D eigenvalue weighted by Crippen LogP contribution is -2.31. The molecule has 9 nitrogen and oxygen atoms in total. The molecule has 1 aliphatic heterocycles. The van der Waals surface area contributed by atoms with Crippen molar-refractivity contribution in [2.75, 3.05) is 11.9 Å². The van der Waals surface area contributed by atoms with Crippen molar-refractivity contribution < 1.29 is 33.3 Å². The molecule has 0 radical (unpaired) electrons. The van der Waals surface area contributed by atoms with Crippen molar-refractivity contribution in [3.8, 4) is 17.4 Å². The highest BCUT2D eigenvalue weighted by Crippen LogP contribution is 2.35.